The second kappa shape index (κ2) is 5.51. The SMILES string of the molecule is O=C(N1C[C@@H]2CCC[C@@]2(C(=O)O)C1)C1(c2ccc(F)cc2F)CCC1. The maximum absolute atomic E-state index is 14.3. The monoisotopic (exact) mass is 349 g/mol. The smallest absolute Gasteiger partial charge is 0.311 e. The number of hydrogen-bond acceptors (Lipinski definition) is 2. The Kier molecular flexibility index (Phi) is 3.63. The molecule has 3 aliphatic rings. The fourth-order valence-electron chi connectivity index (χ4n) is 5.10. The summed E-state index contributed by atoms with van der Waals surface area (Å²) in [6, 6.07) is 3.37. The minimum Gasteiger partial charge on any atom is -0.481 e. The van der Waals surface area contributed by atoms with Crippen LogP contribution in [-0.4, -0.2) is 35.0 Å². The van der Waals surface area contributed by atoms with Gasteiger partial charge in [0.25, 0.3) is 0 Å². The Morgan fingerprint density at radius 3 is 2.48 bits per heavy atom. The molecule has 2 saturated carbocycles. The fraction of sp³-hybridized carbons (Fsp3) is 0.579. The molecule has 0 bridgehead atoms. The fourth-order valence-corrected chi connectivity index (χ4v) is 5.10. The van der Waals surface area contributed by atoms with Gasteiger partial charge in [-0.1, -0.05) is 18.9 Å². The van der Waals surface area contributed by atoms with E-state index < -0.39 is 28.4 Å². The largest absolute Gasteiger partial charge is 0.481 e. The Bertz CT molecular complexity index is 746. The van der Waals surface area contributed by atoms with Gasteiger partial charge in [-0.2, -0.15) is 0 Å². The lowest BCUT2D eigenvalue weighted by molar-refractivity contribution is -0.150. The van der Waals surface area contributed by atoms with Gasteiger partial charge >= 0.3 is 5.97 Å². The van der Waals surface area contributed by atoms with Gasteiger partial charge in [0.1, 0.15) is 11.6 Å². The number of nitrogens with zero attached hydrogens (tertiary/aromatic N) is 1. The summed E-state index contributed by atoms with van der Waals surface area (Å²) in [5.74, 6) is -2.41. The Morgan fingerprint density at radius 1 is 1.16 bits per heavy atom. The summed E-state index contributed by atoms with van der Waals surface area (Å²) in [6.45, 7) is 0.631. The number of fused-ring (bicyclic) bond motifs is 1. The van der Waals surface area contributed by atoms with Crippen LogP contribution < -0.4 is 0 Å². The molecule has 3 fully saturated rings. The van der Waals surface area contributed by atoms with E-state index in [4.69, 9.17) is 0 Å². The molecule has 1 aromatic carbocycles. The first-order valence-electron chi connectivity index (χ1n) is 8.87. The van der Waals surface area contributed by atoms with Crippen LogP contribution in [-0.2, 0) is 15.0 Å². The third-order valence-corrected chi connectivity index (χ3v) is 6.65. The van der Waals surface area contributed by atoms with Crippen molar-refractivity contribution in [2.24, 2.45) is 11.3 Å². The van der Waals surface area contributed by atoms with Crippen LogP contribution in [0.3, 0.4) is 0 Å². The van der Waals surface area contributed by atoms with Gasteiger partial charge in [-0.15, -0.1) is 0 Å². The Balaban J connectivity index is 1.65. The van der Waals surface area contributed by atoms with E-state index in [2.05, 4.69) is 0 Å². The molecule has 2 atom stereocenters. The molecule has 1 heterocycles. The normalized spacial score (nSPS) is 30.0. The molecule has 134 valence electrons. The molecule has 25 heavy (non-hydrogen) atoms. The third kappa shape index (κ3) is 2.22. The van der Waals surface area contributed by atoms with Crippen molar-refractivity contribution in [1.82, 2.24) is 4.90 Å². The highest BCUT2D eigenvalue weighted by Gasteiger charge is 2.59. The zero-order valence-electron chi connectivity index (χ0n) is 13.9. The van der Waals surface area contributed by atoms with Crippen LogP contribution in [0.2, 0.25) is 0 Å². The minimum absolute atomic E-state index is 0.0239. The van der Waals surface area contributed by atoms with Crippen LogP contribution in [0.5, 0.6) is 0 Å². The van der Waals surface area contributed by atoms with Crippen LogP contribution in [0.4, 0.5) is 8.78 Å². The Hall–Kier alpha value is -1.98. The summed E-state index contributed by atoms with van der Waals surface area (Å²) in [6.07, 6.45) is 4.13. The highest BCUT2D eigenvalue weighted by Crippen LogP contribution is 2.52. The van der Waals surface area contributed by atoms with E-state index in [0.29, 0.717) is 25.8 Å². The van der Waals surface area contributed by atoms with Gasteiger partial charge in [0, 0.05) is 24.7 Å². The summed E-state index contributed by atoms with van der Waals surface area (Å²) in [4.78, 5) is 26.7. The minimum atomic E-state index is -0.962. The molecule has 1 amide bonds. The van der Waals surface area contributed by atoms with Gasteiger partial charge in [-0.05, 0) is 37.7 Å². The number of rotatable bonds is 3. The number of aliphatic carboxylic acids is 1. The molecule has 1 saturated heterocycles. The van der Waals surface area contributed by atoms with E-state index in [1.807, 2.05) is 0 Å². The molecule has 1 N–H and O–H groups in total. The van der Waals surface area contributed by atoms with E-state index in [1.165, 1.54) is 12.1 Å². The average molecular weight is 349 g/mol. The lowest BCUT2D eigenvalue weighted by Gasteiger charge is -2.43. The molecule has 1 aliphatic heterocycles. The van der Waals surface area contributed by atoms with Crippen molar-refractivity contribution in [1.29, 1.82) is 0 Å². The predicted octanol–water partition coefficient (Wildman–Crippen LogP) is 3.10. The van der Waals surface area contributed by atoms with Crippen molar-refractivity contribution >= 4 is 11.9 Å². The van der Waals surface area contributed by atoms with Crippen molar-refractivity contribution in [3.63, 3.8) is 0 Å². The molecular formula is C19H21F2NO3. The van der Waals surface area contributed by atoms with Crippen molar-refractivity contribution in [3.8, 4) is 0 Å². The number of amides is 1. The average Bonchev–Trinajstić information content (AvgIpc) is 3.06. The summed E-state index contributed by atoms with van der Waals surface area (Å²) in [5, 5.41) is 9.70. The van der Waals surface area contributed by atoms with Crippen molar-refractivity contribution in [2.45, 2.75) is 43.9 Å². The van der Waals surface area contributed by atoms with Crippen LogP contribution in [0.15, 0.2) is 18.2 Å². The van der Waals surface area contributed by atoms with Gasteiger partial charge in [-0.3, -0.25) is 9.59 Å². The summed E-state index contributed by atoms with van der Waals surface area (Å²) in [5.41, 5.74) is -1.57. The highest BCUT2D eigenvalue weighted by atomic mass is 19.1. The van der Waals surface area contributed by atoms with Crippen LogP contribution in [0.25, 0.3) is 0 Å². The van der Waals surface area contributed by atoms with E-state index in [0.717, 1.165) is 25.3 Å². The van der Waals surface area contributed by atoms with E-state index >= 15 is 0 Å². The van der Waals surface area contributed by atoms with Gasteiger partial charge in [-0.25, -0.2) is 8.78 Å². The van der Waals surface area contributed by atoms with E-state index in [9.17, 15) is 23.5 Å². The second-order valence-corrected chi connectivity index (χ2v) is 7.80. The van der Waals surface area contributed by atoms with Crippen molar-refractivity contribution < 1.29 is 23.5 Å². The Labute approximate surface area is 144 Å². The van der Waals surface area contributed by atoms with E-state index in [-0.39, 0.29) is 23.9 Å². The standard InChI is InChI=1S/C19H21F2NO3/c20-13-4-5-14(15(21)9-13)18(7-2-8-18)16(23)22-10-12-3-1-6-19(12,11-22)17(24)25/h4-5,9,12H,1-3,6-8,10-11H2,(H,24,25)/t12-,19+/m0/s1. The summed E-state index contributed by atoms with van der Waals surface area (Å²) < 4.78 is 27.6. The molecule has 1 aromatic rings. The van der Waals surface area contributed by atoms with Crippen LogP contribution >= 0.6 is 0 Å². The van der Waals surface area contributed by atoms with Gasteiger partial charge < -0.3 is 10.0 Å². The molecule has 4 rings (SSSR count). The lowest BCUT2D eigenvalue weighted by atomic mass is 9.63. The highest BCUT2D eigenvalue weighted by molar-refractivity contribution is 5.91. The predicted molar refractivity (Wildman–Crippen MR) is 85.9 cm³/mol. The van der Waals surface area contributed by atoms with Gasteiger partial charge in [0.05, 0.1) is 10.8 Å². The maximum atomic E-state index is 14.3. The summed E-state index contributed by atoms with van der Waals surface area (Å²) >= 11 is 0. The molecular weight excluding hydrogens is 328 g/mol. The number of benzene rings is 1. The van der Waals surface area contributed by atoms with Crippen LogP contribution in [0, 0.1) is 23.0 Å². The maximum Gasteiger partial charge on any atom is 0.311 e. The Morgan fingerprint density at radius 2 is 1.92 bits per heavy atom. The molecule has 2 aliphatic carbocycles. The molecule has 0 radical (unpaired) electrons. The first kappa shape index (κ1) is 16.5. The van der Waals surface area contributed by atoms with Crippen molar-refractivity contribution in [3.05, 3.63) is 35.4 Å². The number of carbonyl (C=O) groups is 2. The number of carboxylic acids is 1. The third-order valence-electron chi connectivity index (χ3n) is 6.65. The molecule has 0 aromatic heterocycles. The molecule has 0 unspecified atom stereocenters. The van der Waals surface area contributed by atoms with E-state index in [1.54, 1.807) is 4.90 Å². The topological polar surface area (TPSA) is 57.6 Å². The quantitative estimate of drug-likeness (QED) is 0.912. The number of hydrogen-bond donors (Lipinski definition) is 1. The molecule has 0 spiro atoms. The molecule has 6 heteroatoms. The first-order chi connectivity index (χ1) is 11.9. The first-order valence-corrected chi connectivity index (χ1v) is 8.87. The van der Waals surface area contributed by atoms with Crippen molar-refractivity contribution in [2.75, 3.05) is 13.1 Å². The number of carboxylic acid groups (broad SMARTS) is 1. The van der Waals surface area contributed by atoms with Crippen LogP contribution in [0.1, 0.15) is 44.1 Å². The zero-order valence-corrected chi connectivity index (χ0v) is 13.9. The lowest BCUT2D eigenvalue weighted by Crippen LogP contribution is -2.51. The number of halogens is 2. The summed E-state index contributed by atoms with van der Waals surface area (Å²) in [7, 11) is 0. The zero-order chi connectivity index (χ0) is 17.8. The van der Waals surface area contributed by atoms with Gasteiger partial charge in [0.2, 0.25) is 5.91 Å². The second-order valence-electron chi connectivity index (χ2n) is 7.80. The number of likely N-dealkylation sites (tertiary alicyclic amines) is 1. The van der Waals surface area contributed by atoms with Gasteiger partial charge in [0.15, 0.2) is 0 Å². The molecule has 4 nitrogen and oxygen atoms in total. The number of carbonyl (C=O) groups excluding carboxylic acids is 1.